The number of likely N-dealkylation sites (tertiary alicyclic amines) is 1. The average molecular weight is 264 g/mol. The van der Waals surface area contributed by atoms with Crippen molar-refractivity contribution < 1.29 is 9.72 Å². The Morgan fingerprint density at radius 2 is 2.37 bits per heavy atom. The number of nitrogens with one attached hydrogen (secondary N) is 1. The Kier molecular flexibility index (Phi) is 3.96. The Hall–Kier alpha value is -2.15. The molecule has 1 heterocycles. The number of nitro groups is 1. The van der Waals surface area contributed by atoms with Crippen LogP contribution in [-0.4, -0.2) is 35.5 Å². The molecule has 2 amide bonds. The summed E-state index contributed by atoms with van der Waals surface area (Å²) in [5.74, 6) is 0.343. The van der Waals surface area contributed by atoms with E-state index in [0.29, 0.717) is 31.2 Å². The summed E-state index contributed by atoms with van der Waals surface area (Å²) in [7, 11) is 0. The Morgan fingerprint density at radius 3 is 3.00 bits per heavy atom. The van der Waals surface area contributed by atoms with Gasteiger partial charge in [-0.15, -0.1) is 0 Å². The summed E-state index contributed by atoms with van der Waals surface area (Å²) >= 11 is 0. The Bertz CT molecular complexity index is 492. The smallest absolute Gasteiger partial charge is 0.321 e. The fourth-order valence-electron chi connectivity index (χ4n) is 2.11. The zero-order valence-electron chi connectivity index (χ0n) is 10.4. The number of benzene rings is 1. The summed E-state index contributed by atoms with van der Waals surface area (Å²) in [6.45, 7) is 1.88. The van der Waals surface area contributed by atoms with E-state index >= 15 is 0 Å². The van der Waals surface area contributed by atoms with E-state index < -0.39 is 4.92 Å². The molecule has 1 aromatic rings. The Labute approximate surface area is 110 Å². The highest BCUT2D eigenvalue weighted by Gasteiger charge is 2.25. The molecule has 1 aromatic carbocycles. The van der Waals surface area contributed by atoms with Gasteiger partial charge in [-0.3, -0.25) is 10.1 Å². The standard InChI is InChI=1S/C12H16N4O3/c13-7-9-4-5-15(8-9)12(17)14-10-2-1-3-11(6-10)16(18)19/h1-3,6,9H,4-5,7-8,13H2,(H,14,17). The molecule has 19 heavy (non-hydrogen) atoms. The number of carbonyl (C=O) groups is 1. The fourth-order valence-corrected chi connectivity index (χ4v) is 2.11. The van der Waals surface area contributed by atoms with Crippen LogP contribution in [0.4, 0.5) is 16.2 Å². The second-order valence-corrected chi connectivity index (χ2v) is 4.57. The molecule has 0 radical (unpaired) electrons. The lowest BCUT2D eigenvalue weighted by Crippen LogP contribution is -2.33. The molecule has 7 nitrogen and oxygen atoms in total. The van der Waals surface area contributed by atoms with Crippen LogP contribution in [0.1, 0.15) is 6.42 Å². The van der Waals surface area contributed by atoms with Gasteiger partial charge in [-0.25, -0.2) is 4.79 Å². The molecule has 1 saturated heterocycles. The van der Waals surface area contributed by atoms with E-state index in [4.69, 9.17) is 5.73 Å². The number of urea groups is 1. The van der Waals surface area contributed by atoms with Crippen molar-refractivity contribution in [2.75, 3.05) is 25.0 Å². The van der Waals surface area contributed by atoms with Gasteiger partial charge in [-0.2, -0.15) is 0 Å². The molecule has 0 saturated carbocycles. The van der Waals surface area contributed by atoms with Gasteiger partial charge >= 0.3 is 6.03 Å². The summed E-state index contributed by atoms with van der Waals surface area (Å²) < 4.78 is 0. The molecule has 102 valence electrons. The monoisotopic (exact) mass is 264 g/mol. The van der Waals surface area contributed by atoms with Crippen LogP contribution in [0, 0.1) is 16.0 Å². The van der Waals surface area contributed by atoms with E-state index in [2.05, 4.69) is 5.32 Å². The minimum Gasteiger partial charge on any atom is -0.330 e. The van der Waals surface area contributed by atoms with E-state index in [1.165, 1.54) is 12.1 Å². The van der Waals surface area contributed by atoms with Crippen LogP contribution >= 0.6 is 0 Å². The topological polar surface area (TPSA) is 102 Å². The average Bonchev–Trinajstić information content (AvgIpc) is 2.88. The molecular formula is C12H16N4O3. The van der Waals surface area contributed by atoms with Crippen LogP contribution in [0.5, 0.6) is 0 Å². The van der Waals surface area contributed by atoms with Crippen molar-refractivity contribution >= 4 is 17.4 Å². The number of amides is 2. The second kappa shape index (κ2) is 5.66. The van der Waals surface area contributed by atoms with Crippen LogP contribution in [0.2, 0.25) is 0 Å². The molecule has 3 N–H and O–H groups in total. The maximum Gasteiger partial charge on any atom is 0.321 e. The van der Waals surface area contributed by atoms with E-state index in [0.717, 1.165) is 6.42 Å². The van der Waals surface area contributed by atoms with Gasteiger partial charge < -0.3 is 16.0 Å². The van der Waals surface area contributed by atoms with Crippen molar-refractivity contribution in [3.8, 4) is 0 Å². The molecule has 0 aromatic heterocycles. The zero-order valence-corrected chi connectivity index (χ0v) is 10.4. The summed E-state index contributed by atoms with van der Waals surface area (Å²) in [5.41, 5.74) is 5.95. The Balaban J connectivity index is 1.99. The first-order valence-corrected chi connectivity index (χ1v) is 6.10. The second-order valence-electron chi connectivity index (χ2n) is 4.57. The van der Waals surface area contributed by atoms with Crippen LogP contribution in [0.3, 0.4) is 0 Å². The van der Waals surface area contributed by atoms with Crippen molar-refractivity contribution in [3.05, 3.63) is 34.4 Å². The molecule has 0 aliphatic carbocycles. The summed E-state index contributed by atoms with van der Waals surface area (Å²) in [6, 6.07) is 5.66. The number of carbonyl (C=O) groups excluding carboxylic acids is 1. The van der Waals surface area contributed by atoms with Gasteiger partial charge in [0.1, 0.15) is 0 Å². The van der Waals surface area contributed by atoms with Crippen LogP contribution in [0.15, 0.2) is 24.3 Å². The van der Waals surface area contributed by atoms with Crippen molar-refractivity contribution in [3.63, 3.8) is 0 Å². The van der Waals surface area contributed by atoms with Crippen molar-refractivity contribution in [1.82, 2.24) is 4.90 Å². The van der Waals surface area contributed by atoms with Crippen molar-refractivity contribution in [2.45, 2.75) is 6.42 Å². The van der Waals surface area contributed by atoms with E-state index in [1.54, 1.807) is 17.0 Å². The zero-order chi connectivity index (χ0) is 13.8. The van der Waals surface area contributed by atoms with Crippen LogP contribution < -0.4 is 11.1 Å². The predicted octanol–water partition coefficient (Wildman–Crippen LogP) is 1.41. The molecular weight excluding hydrogens is 248 g/mol. The third kappa shape index (κ3) is 3.19. The highest BCUT2D eigenvalue weighted by atomic mass is 16.6. The number of hydrogen-bond donors (Lipinski definition) is 2. The number of nitro benzene ring substituents is 1. The van der Waals surface area contributed by atoms with Gasteiger partial charge in [-0.05, 0) is 24.9 Å². The normalized spacial score (nSPS) is 18.4. The maximum absolute atomic E-state index is 12.0. The molecule has 0 bridgehead atoms. The molecule has 7 heteroatoms. The first kappa shape index (κ1) is 13.3. The van der Waals surface area contributed by atoms with Gasteiger partial charge in [0.15, 0.2) is 0 Å². The molecule has 1 fully saturated rings. The summed E-state index contributed by atoms with van der Waals surface area (Å²) in [4.78, 5) is 23.8. The molecule has 1 aliphatic heterocycles. The number of nitrogens with two attached hydrogens (primary N) is 1. The third-order valence-corrected chi connectivity index (χ3v) is 3.21. The predicted molar refractivity (Wildman–Crippen MR) is 70.8 cm³/mol. The number of nitrogens with zero attached hydrogens (tertiary/aromatic N) is 2. The minimum atomic E-state index is -0.490. The third-order valence-electron chi connectivity index (χ3n) is 3.21. The fraction of sp³-hybridized carbons (Fsp3) is 0.417. The molecule has 2 rings (SSSR count). The lowest BCUT2D eigenvalue weighted by Gasteiger charge is -2.17. The summed E-state index contributed by atoms with van der Waals surface area (Å²) in [5, 5.41) is 13.3. The molecule has 1 aliphatic rings. The maximum atomic E-state index is 12.0. The van der Waals surface area contributed by atoms with Gasteiger partial charge in [-0.1, -0.05) is 6.07 Å². The van der Waals surface area contributed by atoms with Crippen molar-refractivity contribution in [1.29, 1.82) is 0 Å². The molecule has 0 spiro atoms. The van der Waals surface area contributed by atoms with Gasteiger partial charge in [0, 0.05) is 30.9 Å². The number of anilines is 1. The highest BCUT2D eigenvalue weighted by Crippen LogP contribution is 2.19. The lowest BCUT2D eigenvalue weighted by atomic mass is 10.1. The lowest BCUT2D eigenvalue weighted by molar-refractivity contribution is -0.384. The number of non-ortho nitro benzene ring substituents is 1. The van der Waals surface area contributed by atoms with Gasteiger partial charge in [0.2, 0.25) is 0 Å². The first-order chi connectivity index (χ1) is 9.10. The van der Waals surface area contributed by atoms with E-state index in [9.17, 15) is 14.9 Å². The van der Waals surface area contributed by atoms with Crippen LogP contribution in [0.25, 0.3) is 0 Å². The van der Waals surface area contributed by atoms with Gasteiger partial charge in [0.05, 0.1) is 4.92 Å². The SMILES string of the molecule is NCC1CCN(C(=O)Nc2cccc([N+](=O)[O-])c2)C1. The largest absolute Gasteiger partial charge is 0.330 e. The quantitative estimate of drug-likeness (QED) is 0.636. The minimum absolute atomic E-state index is 0.0425. The molecule has 1 atom stereocenters. The number of hydrogen-bond acceptors (Lipinski definition) is 4. The molecule has 1 unspecified atom stereocenters. The number of rotatable bonds is 3. The first-order valence-electron chi connectivity index (χ1n) is 6.10. The summed E-state index contributed by atoms with van der Waals surface area (Å²) in [6.07, 6.45) is 0.902. The van der Waals surface area contributed by atoms with Crippen molar-refractivity contribution in [2.24, 2.45) is 11.7 Å². The Morgan fingerprint density at radius 1 is 1.58 bits per heavy atom. The van der Waals surface area contributed by atoms with Crippen LogP contribution in [-0.2, 0) is 0 Å². The highest BCUT2D eigenvalue weighted by molar-refractivity contribution is 5.89. The van der Waals surface area contributed by atoms with E-state index in [-0.39, 0.29) is 11.7 Å². The van der Waals surface area contributed by atoms with E-state index in [1.807, 2.05) is 0 Å². The van der Waals surface area contributed by atoms with Gasteiger partial charge in [0.25, 0.3) is 5.69 Å².